The molecule has 43 heavy (non-hydrogen) atoms. The maximum absolute atomic E-state index is 14.0. The SMILES string of the molecule is C=CCC1(S(=O)(=O)n2cc(C)c3c(C(=O)CCc4c(OC)cc(C)[nH]c4=O)cc(-c4ccc(CN(C)C)nc4)cc32)CC1. The molecule has 3 aromatic heterocycles. The van der Waals surface area contributed by atoms with E-state index < -0.39 is 14.8 Å². The number of allylic oxidation sites excluding steroid dienone is 1. The third-order valence-corrected chi connectivity index (χ3v) is 10.7. The van der Waals surface area contributed by atoms with Gasteiger partial charge in [-0.2, -0.15) is 0 Å². The summed E-state index contributed by atoms with van der Waals surface area (Å²) in [5.74, 6) is 0.235. The largest absolute Gasteiger partial charge is 0.496 e. The molecule has 1 fully saturated rings. The van der Waals surface area contributed by atoms with Crippen LogP contribution in [0.2, 0.25) is 0 Å². The highest BCUT2D eigenvalue weighted by molar-refractivity contribution is 7.91. The highest BCUT2D eigenvalue weighted by Crippen LogP contribution is 2.49. The van der Waals surface area contributed by atoms with Crippen LogP contribution in [-0.2, 0) is 23.0 Å². The van der Waals surface area contributed by atoms with Crippen molar-refractivity contribution in [2.75, 3.05) is 21.2 Å². The second-order valence-electron chi connectivity index (χ2n) is 11.7. The first-order valence-corrected chi connectivity index (χ1v) is 15.8. The number of carbonyl (C=O) groups is 1. The van der Waals surface area contributed by atoms with E-state index in [2.05, 4.69) is 16.5 Å². The van der Waals surface area contributed by atoms with E-state index in [0.717, 1.165) is 11.3 Å². The molecule has 0 saturated heterocycles. The second-order valence-corrected chi connectivity index (χ2v) is 13.9. The van der Waals surface area contributed by atoms with Crippen LogP contribution in [0.4, 0.5) is 0 Å². The first-order valence-electron chi connectivity index (χ1n) is 14.3. The fraction of sp³-hybridized carbons (Fsp3) is 0.364. The standard InChI is InChI=1S/C33H38N4O5S/c1-7-12-33(13-14-33)43(40,41)37-19-21(2)31-27(29(38)11-10-26-30(42-6)15-22(3)35-32(26)39)16-24(17-28(31)37)23-8-9-25(34-18-23)20-36(4)5/h7-9,15-19H,1,10-14,20H2,2-6H3,(H,35,39). The smallest absolute Gasteiger partial charge is 0.255 e. The highest BCUT2D eigenvalue weighted by atomic mass is 32.2. The number of nitrogens with zero attached hydrogens (tertiary/aromatic N) is 3. The van der Waals surface area contributed by atoms with E-state index in [0.29, 0.717) is 70.4 Å². The van der Waals surface area contributed by atoms with Gasteiger partial charge in [-0.3, -0.25) is 14.6 Å². The number of carbonyl (C=O) groups excluding carboxylic acids is 1. The molecular weight excluding hydrogens is 564 g/mol. The lowest BCUT2D eigenvalue weighted by molar-refractivity contribution is 0.0984. The monoisotopic (exact) mass is 602 g/mol. The van der Waals surface area contributed by atoms with E-state index in [9.17, 15) is 18.0 Å². The van der Waals surface area contributed by atoms with Gasteiger partial charge in [-0.25, -0.2) is 12.4 Å². The third-order valence-electron chi connectivity index (χ3n) is 8.18. The van der Waals surface area contributed by atoms with Crippen LogP contribution in [0.1, 0.15) is 58.6 Å². The van der Waals surface area contributed by atoms with Crippen molar-refractivity contribution in [3.63, 3.8) is 0 Å². The average molecular weight is 603 g/mol. The molecule has 1 saturated carbocycles. The summed E-state index contributed by atoms with van der Waals surface area (Å²) < 4.78 is 33.9. The summed E-state index contributed by atoms with van der Waals surface area (Å²) in [5.41, 5.74) is 4.67. The van der Waals surface area contributed by atoms with Crippen LogP contribution in [0.5, 0.6) is 5.75 Å². The van der Waals surface area contributed by atoms with Crippen LogP contribution in [0, 0.1) is 13.8 Å². The summed E-state index contributed by atoms with van der Waals surface area (Å²) in [6.45, 7) is 8.05. The molecule has 1 aromatic carbocycles. The lowest BCUT2D eigenvalue weighted by Gasteiger charge is -2.17. The van der Waals surface area contributed by atoms with Gasteiger partial charge >= 0.3 is 0 Å². The molecule has 0 atom stereocenters. The van der Waals surface area contributed by atoms with Crippen molar-refractivity contribution in [1.82, 2.24) is 18.8 Å². The Morgan fingerprint density at radius 1 is 1.19 bits per heavy atom. The number of ketones is 1. The van der Waals surface area contributed by atoms with Crippen molar-refractivity contribution in [3.8, 4) is 16.9 Å². The van der Waals surface area contributed by atoms with Crippen LogP contribution in [0.25, 0.3) is 22.0 Å². The molecule has 3 heterocycles. The van der Waals surface area contributed by atoms with Gasteiger partial charge in [0.2, 0.25) is 10.0 Å². The van der Waals surface area contributed by atoms with Crippen LogP contribution >= 0.6 is 0 Å². The van der Waals surface area contributed by atoms with Crippen molar-refractivity contribution in [1.29, 1.82) is 0 Å². The third kappa shape index (κ3) is 5.69. The number of rotatable bonds is 12. The Hall–Kier alpha value is -4.02. The topological polar surface area (TPSA) is 114 Å². The predicted molar refractivity (Wildman–Crippen MR) is 169 cm³/mol. The maximum atomic E-state index is 14.0. The number of aryl methyl sites for hydroxylation is 2. The predicted octanol–water partition coefficient (Wildman–Crippen LogP) is 5.18. The summed E-state index contributed by atoms with van der Waals surface area (Å²) in [7, 11) is 1.66. The summed E-state index contributed by atoms with van der Waals surface area (Å²) >= 11 is 0. The lowest BCUT2D eigenvalue weighted by atomic mass is 9.94. The van der Waals surface area contributed by atoms with Crippen molar-refractivity contribution in [3.05, 3.63) is 93.8 Å². The van der Waals surface area contributed by atoms with E-state index >= 15 is 0 Å². The van der Waals surface area contributed by atoms with Crippen LogP contribution in [0.15, 0.2) is 60.2 Å². The maximum Gasteiger partial charge on any atom is 0.255 e. The molecule has 0 aliphatic heterocycles. The number of benzene rings is 1. The fourth-order valence-corrected chi connectivity index (χ4v) is 7.84. The number of aromatic nitrogens is 3. The minimum absolute atomic E-state index is 0.0405. The number of pyridine rings is 2. The quantitative estimate of drug-likeness (QED) is 0.176. The molecule has 0 radical (unpaired) electrons. The Balaban J connectivity index is 1.63. The highest BCUT2D eigenvalue weighted by Gasteiger charge is 2.54. The normalized spacial score (nSPS) is 14.3. The zero-order chi connectivity index (χ0) is 31.1. The van der Waals surface area contributed by atoms with Crippen LogP contribution < -0.4 is 10.3 Å². The van der Waals surface area contributed by atoms with Gasteiger partial charge in [-0.15, -0.1) is 6.58 Å². The first kappa shape index (κ1) is 30.4. The summed E-state index contributed by atoms with van der Waals surface area (Å²) in [5, 5.41) is 0.591. The summed E-state index contributed by atoms with van der Waals surface area (Å²) in [4.78, 5) is 36.0. The van der Waals surface area contributed by atoms with Crippen molar-refractivity contribution < 1.29 is 17.9 Å². The molecule has 4 aromatic rings. The minimum atomic E-state index is -3.78. The molecule has 0 spiro atoms. The number of hydrogen-bond donors (Lipinski definition) is 1. The van der Waals surface area contributed by atoms with Gasteiger partial charge in [-0.1, -0.05) is 12.1 Å². The average Bonchev–Trinajstić information content (AvgIpc) is 3.68. The van der Waals surface area contributed by atoms with Crippen molar-refractivity contribution in [2.45, 2.75) is 57.2 Å². The molecule has 0 unspecified atom stereocenters. The lowest BCUT2D eigenvalue weighted by Crippen LogP contribution is -2.28. The molecule has 0 bridgehead atoms. The number of methoxy groups -OCH3 is 1. The number of nitrogens with one attached hydrogen (secondary N) is 1. The molecule has 226 valence electrons. The van der Waals surface area contributed by atoms with Gasteiger partial charge < -0.3 is 14.6 Å². The zero-order valence-corrected chi connectivity index (χ0v) is 26.2. The number of hydrogen-bond acceptors (Lipinski definition) is 7. The number of ether oxygens (including phenoxy) is 1. The van der Waals surface area contributed by atoms with Crippen LogP contribution in [-0.4, -0.2) is 59.0 Å². The first-order chi connectivity index (χ1) is 20.4. The molecule has 9 nitrogen and oxygen atoms in total. The molecule has 1 aliphatic carbocycles. The number of fused-ring (bicyclic) bond motifs is 1. The van der Waals surface area contributed by atoms with Gasteiger partial charge in [0.25, 0.3) is 5.56 Å². The minimum Gasteiger partial charge on any atom is -0.496 e. The number of Topliss-reactive ketones (excluding diaryl/α,β-unsaturated/α-hetero) is 1. The Bertz CT molecular complexity index is 1880. The van der Waals surface area contributed by atoms with Gasteiger partial charge in [-0.05, 0) is 89.0 Å². The second kappa shape index (κ2) is 11.6. The number of aromatic amines is 1. The van der Waals surface area contributed by atoms with E-state index in [-0.39, 0.29) is 24.2 Å². The molecule has 0 amide bonds. The molecule has 5 rings (SSSR count). The van der Waals surface area contributed by atoms with E-state index in [4.69, 9.17) is 4.74 Å². The number of H-pyrrole nitrogens is 1. The van der Waals surface area contributed by atoms with E-state index in [1.807, 2.05) is 50.2 Å². The Morgan fingerprint density at radius 3 is 2.53 bits per heavy atom. The van der Waals surface area contributed by atoms with Crippen molar-refractivity contribution in [2.24, 2.45) is 0 Å². The fourth-order valence-electron chi connectivity index (χ4n) is 5.78. The summed E-state index contributed by atoms with van der Waals surface area (Å²) in [6.07, 6.45) is 6.74. The Morgan fingerprint density at radius 2 is 1.93 bits per heavy atom. The Kier molecular flexibility index (Phi) is 8.20. The van der Waals surface area contributed by atoms with Gasteiger partial charge in [0, 0.05) is 47.6 Å². The van der Waals surface area contributed by atoms with E-state index in [1.54, 1.807) is 31.5 Å². The van der Waals surface area contributed by atoms with Crippen molar-refractivity contribution >= 4 is 26.7 Å². The zero-order valence-electron chi connectivity index (χ0n) is 25.4. The molecular formula is C33H38N4O5S. The van der Waals surface area contributed by atoms with Crippen LogP contribution in [0.3, 0.4) is 0 Å². The van der Waals surface area contributed by atoms with E-state index in [1.165, 1.54) is 11.1 Å². The van der Waals surface area contributed by atoms with Gasteiger partial charge in [0.15, 0.2) is 5.78 Å². The Labute approximate surface area is 252 Å². The van der Waals surface area contributed by atoms with Gasteiger partial charge in [0.05, 0.1) is 28.6 Å². The molecule has 1 N–H and O–H groups in total. The van der Waals surface area contributed by atoms with Gasteiger partial charge in [0.1, 0.15) is 5.75 Å². The summed E-state index contributed by atoms with van der Waals surface area (Å²) in [6, 6.07) is 9.24. The molecule has 10 heteroatoms. The molecule has 1 aliphatic rings.